The normalized spacial score (nSPS) is 18.0. The Bertz CT molecular complexity index is 1830. The molecule has 2 aliphatic heterocycles. The summed E-state index contributed by atoms with van der Waals surface area (Å²) in [6.45, 7) is 0.197. The lowest BCUT2D eigenvalue weighted by molar-refractivity contribution is 0.444. The summed E-state index contributed by atoms with van der Waals surface area (Å²) in [5.41, 5.74) is 15.2. The fraction of sp³-hybridized carbons (Fsp3) is 0.302. The van der Waals surface area contributed by atoms with Crippen LogP contribution in [0.4, 0.5) is 34.1 Å². The van der Waals surface area contributed by atoms with Crippen LogP contribution in [0, 0.1) is 0 Å². The second-order valence-electron chi connectivity index (χ2n) is 14.1. The van der Waals surface area contributed by atoms with E-state index in [2.05, 4.69) is 125 Å². The summed E-state index contributed by atoms with van der Waals surface area (Å²) in [4.78, 5) is 5.17. The maximum absolute atomic E-state index is 2.63. The first-order valence-electron chi connectivity index (χ1n) is 18.0. The Hall–Kier alpha value is -4.24. The SMILES string of the molecule is c1ccc(N2c3ccccc3B3c4cc(C5CCCCCC5)ccc4N(c4ccccc4)c4cc(C5CCCCC5)cc2c43)cc1. The Labute approximate surface area is 275 Å². The van der Waals surface area contributed by atoms with Crippen molar-refractivity contribution in [3.05, 3.63) is 126 Å². The number of rotatable bonds is 4. The molecule has 5 aromatic rings. The summed E-state index contributed by atoms with van der Waals surface area (Å²) in [5, 5.41) is 0. The molecule has 9 rings (SSSR count). The summed E-state index contributed by atoms with van der Waals surface area (Å²) >= 11 is 0. The van der Waals surface area contributed by atoms with Crippen molar-refractivity contribution in [1.82, 2.24) is 0 Å². The Morgan fingerprint density at radius 1 is 0.413 bits per heavy atom. The fourth-order valence-electron chi connectivity index (χ4n) is 9.24. The van der Waals surface area contributed by atoms with Crippen LogP contribution in [0.5, 0.6) is 0 Å². The molecule has 0 amide bonds. The van der Waals surface area contributed by atoms with Gasteiger partial charge < -0.3 is 9.80 Å². The Kier molecular flexibility index (Phi) is 7.22. The van der Waals surface area contributed by atoms with Gasteiger partial charge in [-0.2, -0.15) is 0 Å². The molecule has 2 aliphatic carbocycles. The topological polar surface area (TPSA) is 6.48 Å². The first-order valence-corrected chi connectivity index (χ1v) is 18.0. The average molecular weight is 599 g/mol. The van der Waals surface area contributed by atoms with Gasteiger partial charge in [0, 0.05) is 34.1 Å². The molecule has 0 saturated heterocycles. The van der Waals surface area contributed by atoms with Gasteiger partial charge in [0.25, 0.3) is 6.71 Å². The van der Waals surface area contributed by atoms with E-state index in [0.29, 0.717) is 11.8 Å². The molecule has 2 saturated carbocycles. The van der Waals surface area contributed by atoms with Crippen molar-refractivity contribution in [2.24, 2.45) is 0 Å². The fourth-order valence-corrected chi connectivity index (χ4v) is 9.24. The molecule has 0 aromatic heterocycles. The van der Waals surface area contributed by atoms with E-state index < -0.39 is 0 Å². The van der Waals surface area contributed by atoms with E-state index in [1.165, 1.54) is 127 Å². The molecule has 0 N–H and O–H groups in total. The van der Waals surface area contributed by atoms with Crippen molar-refractivity contribution in [1.29, 1.82) is 0 Å². The van der Waals surface area contributed by atoms with Crippen LogP contribution in [0.2, 0.25) is 0 Å². The van der Waals surface area contributed by atoms with E-state index in [1.54, 1.807) is 5.56 Å². The number of nitrogens with zero attached hydrogens (tertiary/aromatic N) is 2. The van der Waals surface area contributed by atoms with Gasteiger partial charge in [-0.25, -0.2) is 0 Å². The minimum atomic E-state index is 0.197. The molecule has 46 heavy (non-hydrogen) atoms. The maximum Gasteiger partial charge on any atom is 0.252 e. The van der Waals surface area contributed by atoms with Crippen LogP contribution in [0.1, 0.15) is 93.6 Å². The van der Waals surface area contributed by atoms with E-state index >= 15 is 0 Å². The Morgan fingerprint density at radius 3 is 1.52 bits per heavy atom. The summed E-state index contributed by atoms with van der Waals surface area (Å²) in [5.74, 6) is 1.27. The first-order chi connectivity index (χ1) is 22.8. The third kappa shape index (κ3) is 4.70. The van der Waals surface area contributed by atoms with Crippen LogP contribution in [0.25, 0.3) is 0 Å². The van der Waals surface area contributed by atoms with E-state index in [9.17, 15) is 0 Å². The molecule has 228 valence electrons. The largest absolute Gasteiger partial charge is 0.311 e. The second-order valence-corrected chi connectivity index (χ2v) is 14.1. The lowest BCUT2D eigenvalue weighted by Crippen LogP contribution is -2.61. The molecule has 4 aliphatic rings. The summed E-state index contributed by atoms with van der Waals surface area (Å²) in [6.07, 6.45) is 14.7. The molecular weight excluding hydrogens is 555 g/mol. The molecule has 2 heterocycles. The highest BCUT2D eigenvalue weighted by atomic mass is 15.2. The van der Waals surface area contributed by atoms with Crippen LogP contribution >= 0.6 is 0 Å². The van der Waals surface area contributed by atoms with Gasteiger partial charge in [0.15, 0.2) is 0 Å². The van der Waals surface area contributed by atoms with Gasteiger partial charge in [0.2, 0.25) is 0 Å². The predicted octanol–water partition coefficient (Wildman–Crippen LogP) is 10.3. The number of anilines is 6. The summed E-state index contributed by atoms with van der Waals surface area (Å²) in [6, 6.07) is 44.2. The van der Waals surface area contributed by atoms with Crippen molar-refractivity contribution in [3.63, 3.8) is 0 Å². The highest BCUT2D eigenvalue weighted by Gasteiger charge is 2.44. The second kappa shape index (κ2) is 11.8. The van der Waals surface area contributed by atoms with Crippen LogP contribution in [0.3, 0.4) is 0 Å². The van der Waals surface area contributed by atoms with Gasteiger partial charge in [-0.3, -0.25) is 0 Å². The van der Waals surface area contributed by atoms with E-state index in [1.807, 2.05) is 0 Å². The maximum atomic E-state index is 2.63. The first kappa shape index (κ1) is 28.0. The molecule has 2 nitrogen and oxygen atoms in total. The van der Waals surface area contributed by atoms with E-state index in [-0.39, 0.29) is 6.71 Å². The van der Waals surface area contributed by atoms with Crippen molar-refractivity contribution >= 4 is 57.2 Å². The van der Waals surface area contributed by atoms with Crippen LogP contribution < -0.4 is 26.2 Å². The smallest absolute Gasteiger partial charge is 0.252 e. The summed E-state index contributed by atoms with van der Waals surface area (Å²) in [7, 11) is 0. The average Bonchev–Trinajstić information content (AvgIpc) is 3.42. The van der Waals surface area contributed by atoms with Crippen molar-refractivity contribution in [2.45, 2.75) is 82.5 Å². The van der Waals surface area contributed by atoms with Gasteiger partial charge in [0.1, 0.15) is 0 Å². The number of hydrogen-bond donors (Lipinski definition) is 0. The molecule has 3 heteroatoms. The highest BCUT2D eigenvalue weighted by Crippen LogP contribution is 2.47. The minimum Gasteiger partial charge on any atom is -0.311 e. The number of fused-ring (bicyclic) bond motifs is 4. The summed E-state index contributed by atoms with van der Waals surface area (Å²) < 4.78 is 0. The number of para-hydroxylation sites is 3. The number of benzene rings is 5. The molecule has 2 fully saturated rings. The molecule has 0 unspecified atom stereocenters. The zero-order chi connectivity index (χ0) is 30.5. The van der Waals surface area contributed by atoms with Gasteiger partial charge >= 0.3 is 0 Å². The van der Waals surface area contributed by atoms with Crippen LogP contribution in [-0.2, 0) is 0 Å². The minimum absolute atomic E-state index is 0.197. The lowest BCUT2D eigenvalue weighted by atomic mass is 9.33. The molecule has 5 aromatic carbocycles. The van der Waals surface area contributed by atoms with Crippen LogP contribution in [0.15, 0.2) is 115 Å². The van der Waals surface area contributed by atoms with Crippen LogP contribution in [-0.4, -0.2) is 6.71 Å². The van der Waals surface area contributed by atoms with Gasteiger partial charge in [-0.15, -0.1) is 0 Å². The predicted molar refractivity (Wildman–Crippen MR) is 197 cm³/mol. The Morgan fingerprint density at radius 2 is 0.913 bits per heavy atom. The van der Waals surface area contributed by atoms with Crippen molar-refractivity contribution in [2.75, 3.05) is 9.80 Å². The van der Waals surface area contributed by atoms with Gasteiger partial charge in [0.05, 0.1) is 0 Å². The standard InChI is InChI=1S/C43H43BN2/c1-2-7-17-31(16-6-1)33-26-27-40-38(28-33)44-37-24-14-15-25-39(37)45(35-20-10-4-11-21-35)41-29-34(32-18-8-3-9-19-32)30-42(43(41)44)46(40)36-22-12-5-13-23-36/h4-5,10-15,20-32H,1-3,6-9,16-19H2. The van der Waals surface area contributed by atoms with Crippen molar-refractivity contribution in [3.8, 4) is 0 Å². The number of hydrogen-bond acceptors (Lipinski definition) is 2. The molecule has 0 bridgehead atoms. The third-order valence-corrected chi connectivity index (χ3v) is 11.5. The van der Waals surface area contributed by atoms with Crippen molar-refractivity contribution < 1.29 is 0 Å². The lowest BCUT2D eigenvalue weighted by Gasteiger charge is -2.45. The van der Waals surface area contributed by atoms with Gasteiger partial charge in [-0.05, 0) is 114 Å². The highest BCUT2D eigenvalue weighted by molar-refractivity contribution is 7.00. The van der Waals surface area contributed by atoms with E-state index in [0.717, 1.165) is 0 Å². The molecule has 0 spiro atoms. The molecule has 0 radical (unpaired) electrons. The molecular formula is C43H43BN2. The van der Waals surface area contributed by atoms with E-state index in [4.69, 9.17) is 0 Å². The zero-order valence-electron chi connectivity index (χ0n) is 26.9. The zero-order valence-corrected chi connectivity index (χ0v) is 26.9. The van der Waals surface area contributed by atoms with Gasteiger partial charge in [-0.1, -0.05) is 112 Å². The quantitative estimate of drug-likeness (QED) is 0.147. The monoisotopic (exact) mass is 598 g/mol. The Balaban J connectivity index is 1.34. The third-order valence-electron chi connectivity index (χ3n) is 11.5. The molecule has 0 atom stereocenters.